The molecule has 1 aliphatic carbocycles. The summed E-state index contributed by atoms with van der Waals surface area (Å²) < 4.78 is 6.24. The fourth-order valence-corrected chi connectivity index (χ4v) is 5.21. The van der Waals surface area contributed by atoms with Gasteiger partial charge >= 0.3 is 0 Å². The van der Waals surface area contributed by atoms with Crippen molar-refractivity contribution >= 4 is 21.9 Å². The van der Waals surface area contributed by atoms with E-state index in [0.29, 0.717) is 0 Å². The van der Waals surface area contributed by atoms with Gasteiger partial charge in [0.05, 0.1) is 35.4 Å². The van der Waals surface area contributed by atoms with E-state index >= 15 is 0 Å². The number of nitrogens with zero attached hydrogens (tertiary/aromatic N) is 5. The summed E-state index contributed by atoms with van der Waals surface area (Å²) in [6.07, 6.45) is 17.1. The van der Waals surface area contributed by atoms with Gasteiger partial charge in [0.15, 0.2) is 0 Å². The first-order valence-corrected chi connectivity index (χ1v) is 12.7. The molecule has 0 spiro atoms. The molecular weight excluding hydrogens is 462 g/mol. The van der Waals surface area contributed by atoms with Gasteiger partial charge in [-0.05, 0) is 61.6 Å². The molecule has 0 aliphatic heterocycles. The highest BCUT2D eigenvalue weighted by atomic mass is 16.5. The molecule has 37 heavy (non-hydrogen) atoms. The van der Waals surface area contributed by atoms with Crippen molar-refractivity contribution in [3.05, 3.63) is 73.6 Å². The number of nitrogens with one attached hydrogen (secondary N) is 2. The van der Waals surface area contributed by atoms with Crippen LogP contribution >= 0.6 is 0 Å². The van der Waals surface area contributed by atoms with Crippen LogP contribution in [0.3, 0.4) is 0 Å². The van der Waals surface area contributed by atoms with E-state index in [-0.39, 0.29) is 6.10 Å². The van der Waals surface area contributed by atoms with Crippen LogP contribution in [0.1, 0.15) is 32.1 Å². The first-order chi connectivity index (χ1) is 18.3. The second-order valence-electron chi connectivity index (χ2n) is 9.52. The Labute approximate surface area is 213 Å². The normalized spacial score (nSPS) is 14.4. The Kier molecular flexibility index (Phi) is 5.35. The van der Waals surface area contributed by atoms with Crippen LogP contribution in [0, 0.1) is 0 Å². The molecule has 6 aromatic heterocycles. The van der Waals surface area contributed by atoms with Crippen LogP contribution in [0.15, 0.2) is 73.6 Å². The molecule has 7 rings (SSSR count). The van der Waals surface area contributed by atoms with Crippen LogP contribution in [-0.2, 0) is 0 Å². The minimum absolute atomic E-state index is 0.272. The van der Waals surface area contributed by atoms with Crippen LogP contribution in [0.4, 0.5) is 0 Å². The lowest BCUT2D eigenvalue weighted by atomic mass is 9.98. The highest BCUT2D eigenvalue weighted by Gasteiger charge is 2.17. The average molecular weight is 488 g/mol. The molecule has 2 N–H and O–H groups in total. The Bertz CT molecular complexity index is 1700. The number of ether oxygens (including phenoxy) is 1. The van der Waals surface area contributed by atoms with E-state index in [0.717, 1.165) is 74.3 Å². The average Bonchev–Trinajstić information content (AvgIpc) is 3.58. The van der Waals surface area contributed by atoms with Gasteiger partial charge in [0.2, 0.25) is 0 Å². The van der Waals surface area contributed by atoms with Gasteiger partial charge in [-0.25, -0.2) is 4.98 Å². The Morgan fingerprint density at radius 2 is 1.73 bits per heavy atom. The zero-order valence-corrected chi connectivity index (χ0v) is 20.2. The molecule has 6 aromatic rings. The number of aromatic amines is 2. The summed E-state index contributed by atoms with van der Waals surface area (Å²) in [6.45, 7) is 0. The summed E-state index contributed by atoms with van der Waals surface area (Å²) in [4.78, 5) is 21.4. The molecule has 0 bridgehead atoms. The zero-order chi connectivity index (χ0) is 24.6. The molecular formula is C29H25N7O. The predicted octanol–water partition coefficient (Wildman–Crippen LogP) is 6.34. The van der Waals surface area contributed by atoms with Gasteiger partial charge in [-0.1, -0.05) is 12.5 Å². The topological polar surface area (TPSA) is 105 Å². The van der Waals surface area contributed by atoms with Crippen LogP contribution in [0.25, 0.3) is 55.7 Å². The molecule has 8 heteroatoms. The van der Waals surface area contributed by atoms with Gasteiger partial charge in [-0.2, -0.15) is 5.10 Å². The van der Waals surface area contributed by atoms with Crippen LogP contribution in [0.2, 0.25) is 0 Å². The van der Waals surface area contributed by atoms with Gasteiger partial charge in [0.1, 0.15) is 17.1 Å². The molecule has 1 fully saturated rings. The summed E-state index contributed by atoms with van der Waals surface area (Å²) >= 11 is 0. The van der Waals surface area contributed by atoms with Gasteiger partial charge in [0, 0.05) is 46.7 Å². The Morgan fingerprint density at radius 3 is 2.62 bits per heavy atom. The maximum Gasteiger partial charge on any atom is 0.138 e. The number of fused-ring (bicyclic) bond motifs is 2. The predicted molar refractivity (Wildman–Crippen MR) is 143 cm³/mol. The third kappa shape index (κ3) is 4.10. The maximum absolute atomic E-state index is 6.24. The molecule has 0 amide bonds. The van der Waals surface area contributed by atoms with E-state index in [1.807, 2.05) is 43.0 Å². The molecule has 0 unspecified atom stereocenters. The van der Waals surface area contributed by atoms with Gasteiger partial charge in [-0.3, -0.25) is 20.1 Å². The third-order valence-corrected chi connectivity index (χ3v) is 7.07. The number of aromatic nitrogens is 7. The van der Waals surface area contributed by atoms with Crippen molar-refractivity contribution in [3.63, 3.8) is 0 Å². The van der Waals surface area contributed by atoms with Crippen molar-refractivity contribution in [2.45, 2.75) is 38.2 Å². The maximum atomic E-state index is 6.24. The number of hydrogen-bond acceptors (Lipinski definition) is 6. The summed E-state index contributed by atoms with van der Waals surface area (Å²) in [5.41, 5.74) is 7.22. The first-order valence-electron chi connectivity index (χ1n) is 12.7. The van der Waals surface area contributed by atoms with E-state index in [4.69, 9.17) is 4.74 Å². The lowest BCUT2D eigenvalue weighted by Gasteiger charge is -2.22. The van der Waals surface area contributed by atoms with Crippen LogP contribution < -0.4 is 4.74 Å². The van der Waals surface area contributed by atoms with E-state index in [1.165, 1.54) is 19.3 Å². The Balaban J connectivity index is 1.26. The number of hydrogen-bond donors (Lipinski definition) is 2. The van der Waals surface area contributed by atoms with E-state index in [2.05, 4.69) is 53.3 Å². The van der Waals surface area contributed by atoms with E-state index in [9.17, 15) is 0 Å². The fourth-order valence-electron chi connectivity index (χ4n) is 5.21. The minimum atomic E-state index is 0.272. The van der Waals surface area contributed by atoms with Crippen molar-refractivity contribution in [1.29, 1.82) is 0 Å². The second kappa shape index (κ2) is 9.13. The monoisotopic (exact) mass is 487 g/mol. The molecule has 6 heterocycles. The lowest BCUT2D eigenvalue weighted by molar-refractivity contribution is 0.154. The van der Waals surface area contributed by atoms with E-state index < -0.39 is 0 Å². The lowest BCUT2D eigenvalue weighted by Crippen LogP contribution is -2.19. The van der Waals surface area contributed by atoms with E-state index in [1.54, 1.807) is 12.4 Å². The van der Waals surface area contributed by atoms with Gasteiger partial charge in [-0.15, -0.1) is 0 Å². The Morgan fingerprint density at radius 1 is 0.811 bits per heavy atom. The number of pyridine rings is 4. The van der Waals surface area contributed by atoms with Crippen molar-refractivity contribution in [1.82, 2.24) is 35.1 Å². The highest BCUT2D eigenvalue weighted by Crippen LogP contribution is 2.34. The highest BCUT2D eigenvalue weighted by molar-refractivity contribution is 6.00. The van der Waals surface area contributed by atoms with Crippen molar-refractivity contribution in [2.24, 2.45) is 0 Å². The smallest absolute Gasteiger partial charge is 0.138 e. The van der Waals surface area contributed by atoms with Crippen LogP contribution in [-0.4, -0.2) is 41.2 Å². The fraction of sp³-hybridized carbons (Fsp3) is 0.207. The first kappa shape index (κ1) is 21.7. The number of rotatable bonds is 5. The largest absolute Gasteiger partial charge is 0.489 e. The number of H-pyrrole nitrogens is 2. The molecule has 0 atom stereocenters. The minimum Gasteiger partial charge on any atom is -0.489 e. The van der Waals surface area contributed by atoms with Gasteiger partial charge in [0.25, 0.3) is 0 Å². The third-order valence-electron chi connectivity index (χ3n) is 7.07. The zero-order valence-electron chi connectivity index (χ0n) is 20.2. The second-order valence-corrected chi connectivity index (χ2v) is 9.52. The molecule has 0 aromatic carbocycles. The van der Waals surface area contributed by atoms with Crippen molar-refractivity contribution < 1.29 is 4.74 Å². The molecule has 0 saturated heterocycles. The summed E-state index contributed by atoms with van der Waals surface area (Å²) in [7, 11) is 0. The molecule has 0 radical (unpaired) electrons. The van der Waals surface area contributed by atoms with Gasteiger partial charge < -0.3 is 9.72 Å². The van der Waals surface area contributed by atoms with Crippen molar-refractivity contribution in [3.8, 4) is 39.5 Å². The molecule has 1 aliphatic rings. The SMILES string of the molecule is c1cncc(-c2ccnc3[nH]c(-c4n[nH]c5cnc(-c6cncc(OC7CCCCC7)c6)cc45)cc23)c1. The molecule has 182 valence electrons. The standard InChI is InChI=1S/C29H25N7O/c1-2-6-20(7-3-1)37-21-11-19(15-31-16-21)25-13-24-27(17-33-25)35-36-28(24)26-12-23-22(8-10-32-29(23)34-26)18-5-4-9-30-14-18/h4-5,8-17,20H,1-3,6-7H2,(H,32,34)(H,35,36). The Hall–Kier alpha value is -4.59. The van der Waals surface area contributed by atoms with Crippen LogP contribution in [0.5, 0.6) is 5.75 Å². The summed E-state index contributed by atoms with van der Waals surface area (Å²) in [6, 6.07) is 12.2. The molecule has 1 saturated carbocycles. The van der Waals surface area contributed by atoms with Crippen molar-refractivity contribution in [2.75, 3.05) is 0 Å². The summed E-state index contributed by atoms with van der Waals surface area (Å²) in [5.74, 6) is 0.795. The molecule has 8 nitrogen and oxygen atoms in total. The quantitative estimate of drug-likeness (QED) is 0.294. The summed E-state index contributed by atoms with van der Waals surface area (Å²) in [5, 5.41) is 9.73.